The van der Waals surface area contributed by atoms with Crippen molar-refractivity contribution in [3.63, 3.8) is 0 Å². The quantitative estimate of drug-likeness (QED) is 0.185. The Hall–Kier alpha value is -6.84. The Kier molecular flexibility index (Phi) is 4.67. The van der Waals surface area contributed by atoms with E-state index in [9.17, 15) is 2.74 Å². The molecule has 3 heteroatoms. The molecular formula is C48H30N2O. The maximum atomic E-state index is 9.56. The Bertz CT molecular complexity index is 3550. The van der Waals surface area contributed by atoms with Crippen molar-refractivity contribution < 1.29 is 14.0 Å². The first-order valence-electron chi connectivity index (χ1n) is 20.4. The van der Waals surface area contributed by atoms with Crippen molar-refractivity contribution in [2.75, 3.05) is 0 Å². The lowest BCUT2D eigenvalue weighted by Gasteiger charge is -2.09. The van der Waals surface area contributed by atoms with Crippen molar-refractivity contribution in [2.45, 2.75) is 0 Å². The molecule has 8 aromatic carbocycles. The van der Waals surface area contributed by atoms with Crippen LogP contribution in [0.25, 0.3) is 99.2 Å². The maximum Gasteiger partial charge on any atom is 0.137 e. The molecule has 0 aliphatic carbocycles. The number of nitrogens with zero attached hydrogens (tertiary/aromatic N) is 2. The zero-order valence-electron chi connectivity index (χ0n) is 34.1. The van der Waals surface area contributed by atoms with Crippen LogP contribution in [-0.2, 0) is 0 Å². The number of hydrogen-bond acceptors (Lipinski definition) is 1. The molecule has 3 heterocycles. The zero-order chi connectivity index (χ0) is 39.6. The summed E-state index contributed by atoms with van der Waals surface area (Å²) < 4.78 is 72.1. The molecular weight excluding hydrogens is 621 g/mol. The van der Waals surface area contributed by atoms with Crippen LogP contribution in [0.15, 0.2) is 186 Å². The summed E-state index contributed by atoms with van der Waals surface area (Å²) in [6, 6.07) is 44.7. The minimum Gasteiger partial charge on any atom is -0.456 e. The normalized spacial score (nSPS) is 13.8. The van der Waals surface area contributed by atoms with Gasteiger partial charge < -0.3 is 13.6 Å². The molecule has 51 heavy (non-hydrogen) atoms. The van der Waals surface area contributed by atoms with E-state index < -0.39 is 0 Å². The number of rotatable bonds is 4. The average molecular weight is 658 g/mol. The van der Waals surface area contributed by atoms with Crippen LogP contribution in [0.5, 0.6) is 0 Å². The third-order valence-electron chi connectivity index (χ3n) is 9.99. The lowest BCUT2D eigenvalue weighted by atomic mass is 9.99. The van der Waals surface area contributed by atoms with E-state index in [0.717, 1.165) is 49.3 Å². The van der Waals surface area contributed by atoms with E-state index in [1.807, 2.05) is 89.5 Å². The van der Waals surface area contributed by atoms with E-state index in [2.05, 4.69) is 41.0 Å². The first-order chi connectivity index (χ1) is 28.2. The topological polar surface area (TPSA) is 23.0 Å². The molecule has 0 radical (unpaired) electrons. The summed E-state index contributed by atoms with van der Waals surface area (Å²) in [4.78, 5) is 0. The number of benzene rings is 8. The molecule has 3 aromatic heterocycles. The smallest absolute Gasteiger partial charge is 0.137 e. The van der Waals surface area contributed by atoms with Crippen molar-refractivity contribution >= 4 is 65.6 Å². The molecule has 3 nitrogen and oxygen atoms in total. The lowest BCUT2D eigenvalue weighted by molar-refractivity contribution is 0.668. The largest absolute Gasteiger partial charge is 0.456 e. The highest BCUT2D eigenvalue weighted by atomic mass is 16.3. The van der Waals surface area contributed by atoms with Crippen LogP contribution in [0.4, 0.5) is 0 Å². The maximum absolute atomic E-state index is 9.56. The molecule has 11 rings (SSSR count). The molecule has 0 bridgehead atoms. The molecule has 0 amide bonds. The first-order valence-corrected chi connectivity index (χ1v) is 16.9. The van der Waals surface area contributed by atoms with Gasteiger partial charge in [-0.15, -0.1) is 0 Å². The standard InChI is InChI=1S/C48H30N2O/c1-3-12-31(13-4-1)36-18-11-21-46-48(36)39-25-24-35(30-47(39)51-46)50-43-20-10-8-17-38(43)41-29-33(23-27-45(41)50)32-22-26-44-40(28-32)37-16-7-9-19-42(37)49(44)34-14-5-2-6-15-34/h1-30H/i1D,3D,12D,18D,21D,23D,27D. The van der Waals surface area contributed by atoms with Crippen LogP contribution in [0, 0.1) is 0 Å². The summed E-state index contributed by atoms with van der Waals surface area (Å²) in [6.07, 6.45) is 0. The van der Waals surface area contributed by atoms with Gasteiger partial charge >= 0.3 is 0 Å². The number of aromatic nitrogens is 2. The van der Waals surface area contributed by atoms with Gasteiger partial charge in [0.2, 0.25) is 0 Å². The van der Waals surface area contributed by atoms with Crippen LogP contribution in [0.3, 0.4) is 0 Å². The van der Waals surface area contributed by atoms with Gasteiger partial charge in [0.15, 0.2) is 0 Å². The molecule has 0 unspecified atom stereocenters. The molecule has 0 spiro atoms. The highest BCUT2D eigenvalue weighted by Gasteiger charge is 2.18. The van der Waals surface area contributed by atoms with Gasteiger partial charge in [-0.3, -0.25) is 0 Å². The highest BCUT2D eigenvalue weighted by Crippen LogP contribution is 2.41. The Labute approximate surface area is 303 Å². The van der Waals surface area contributed by atoms with Crippen molar-refractivity contribution in [2.24, 2.45) is 0 Å². The van der Waals surface area contributed by atoms with E-state index in [-0.39, 0.29) is 47.9 Å². The number of hydrogen-bond donors (Lipinski definition) is 0. The summed E-state index contributed by atoms with van der Waals surface area (Å²) in [7, 11) is 0. The monoisotopic (exact) mass is 657 g/mol. The van der Waals surface area contributed by atoms with Gasteiger partial charge in [0.05, 0.1) is 31.7 Å². The predicted octanol–water partition coefficient (Wildman–Crippen LogP) is 13.1. The third-order valence-corrected chi connectivity index (χ3v) is 9.99. The van der Waals surface area contributed by atoms with Crippen LogP contribution in [0.2, 0.25) is 0 Å². The Morgan fingerprint density at radius 1 is 0.392 bits per heavy atom. The van der Waals surface area contributed by atoms with Crippen molar-refractivity contribution in [1.82, 2.24) is 9.13 Å². The second kappa shape index (κ2) is 10.8. The minimum absolute atomic E-state index is 0.0238. The summed E-state index contributed by atoms with van der Waals surface area (Å²) >= 11 is 0. The second-order valence-electron chi connectivity index (χ2n) is 12.8. The number of fused-ring (bicyclic) bond motifs is 9. The van der Waals surface area contributed by atoms with E-state index in [0.29, 0.717) is 44.2 Å². The SMILES string of the molecule is [2H]c1ccc(-c2c([2H])cc([2H])c3oc4cc(-n5c6ccccc6c6cc(-c7ccc8c(c7)c7ccccc7n8-c7ccccc7)c([2H])c([2H])c65)ccc4c23)c([2H])c1[2H]. The predicted molar refractivity (Wildman–Crippen MR) is 213 cm³/mol. The second-order valence-corrected chi connectivity index (χ2v) is 12.8. The summed E-state index contributed by atoms with van der Waals surface area (Å²) in [5, 5.41) is 5.07. The van der Waals surface area contributed by atoms with Crippen LogP contribution < -0.4 is 0 Å². The molecule has 0 aliphatic heterocycles. The van der Waals surface area contributed by atoms with Crippen molar-refractivity contribution in [3.05, 3.63) is 182 Å². The van der Waals surface area contributed by atoms with Gasteiger partial charge in [0.25, 0.3) is 0 Å². The van der Waals surface area contributed by atoms with Crippen molar-refractivity contribution in [3.8, 4) is 33.6 Å². The molecule has 0 aliphatic rings. The summed E-state index contributed by atoms with van der Waals surface area (Å²) in [6.45, 7) is 0. The van der Waals surface area contributed by atoms with Crippen LogP contribution in [-0.4, -0.2) is 9.13 Å². The molecule has 0 saturated heterocycles. The van der Waals surface area contributed by atoms with Crippen LogP contribution >= 0.6 is 0 Å². The molecule has 11 aromatic rings. The molecule has 0 fully saturated rings. The molecule has 238 valence electrons. The highest BCUT2D eigenvalue weighted by molar-refractivity contribution is 6.15. The zero-order valence-corrected chi connectivity index (χ0v) is 27.1. The van der Waals surface area contributed by atoms with Gasteiger partial charge in [0, 0.05) is 49.8 Å². The minimum atomic E-state index is -0.235. The van der Waals surface area contributed by atoms with E-state index in [1.165, 1.54) is 12.1 Å². The molecule has 0 atom stereocenters. The van der Waals surface area contributed by atoms with Gasteiger partial charge in [-0.25, -0.2) is 0 Å². The summed E-state index contributed by atoms with van der Waals surface area (Å²) in [5.41, 5.74) is 8.26. The fraction of sp³-hybridized carbons (Fsp3) is 0. The third kappa shape index (κ3) is 4.19. The fourth-order valence-electron chi connectivity index (χ4n) is 7.75. The Morgan fingerprint density at radius 3 is 1.96 bits per heavy atom. The van der Waals surface area contributed by atoms with E-state index >= 15 is 0 Å². The average Bonchev–Trinajstić information content (AvgIpc) is 3.90. The van der Waals surface area contributed by atoms with Gasteiger partial charge in [0.1, 0.15) is 11.2 Å². The number of furan rings is 1. The van der Waals surface area contributed by atoms with E-state index in [1.54, 1.807) is 6.07 Å². The molecule has 0 saturated carbocycles. The van der Waals surface area contributed by atoms with Crippen LogP contribution in [0.1, 0.15) is 9.60 Å². The number of para-hydroxylation sites is 3. The molecule has 0 N–H and O–H groups in total. The van der Waals surface area contributed by atoms with Gasteiger partial charge in [-0.2, -0.15) is 0 Å². The van der Waals surface area contributed by atoms with Gasteiger partial charge in [-0.1, -0.05) is 109 Å². The van der Waals surface area contributed by atoms with E-state index in [4.69, 9.17) is 11.3 Å². The van der Waals surface area contributed by atoms with Crippen molar-refractivity contribution in [1.29, 1.82) is 0 Å². The fourth-order valence-corrected chi connectivity index (χ4v) is 7.75. The Balaban J connectivity index is 1.12. The first kappa shape index (κ1) is 22.0. The Morgan fingerprint density at radius 2 is 1.12 bits per heavy atom. The summed E-state index contributed by atoms with van der Waals surface area (Å²) in [5.74, 6) is 0. The lowest BCUT2D eigenvalue weighted by Crippen LogP contribution is -1.93. The van der Waals surface area contributed by atoms with Gasteiger partial charge in [-0.05, 0) is 88.9 Å².